The molecule has 0 bridgehead atoms. The van der Waals surface area contributed by atoms with Gasteiger partial charge in [-0.05, 0) is 25.2 Å². The van der Waals surface area contributed by atoms with Gasteiger partial charge >= 0.3 is 0 Å². The van der Waals surface area contributed by atoms with E-state index in [0.29, 0.717) is 0 Å². The fourth-order valence-electron chi connectivity index (χ4n) is 1.72. The molecule has 0 aromatic carbocycles. The minimum Gasteiger partial charge on any atom is -0.249 e. The average Bonchev–Trinajstić information content (AvgIpc) is 2.50. The lowest BCUT2D eigenvalue weighted by Gasteiger charge is -2.18. The first-order chi connectivity index (χ1) is 5.40. The SMILES string of the molecule is CCC1CCc2ncsc2C1. The van der Waals surface area contributed by atoms with Crippen molar-refractivity contribution >= 4 is 11.3 Å². The second kappa shape index (κ2) is 2.94. The maximum Gasteiger partial charge on any atom is 0.0797 e. The number of nitrogens with zero attached hydrogens (tertiary/aromatic N) is 1. The Balaban J connectivity index is 2.18. The normalized spacial score (nSPS) is 23.2. The van der Waals surface area contributed by atoms with Crippen molar-refractivity contribution in [3.05, 3.63) is 16.1 Å². The smallest absolute Gasteiger partial charge is 0.0797 e. The number of thiazole rings is 1. The second-order valence-electron chi connectivity index (χ2n) is 3.24. The number of rotatable bonds is 1. The topological polar surface area (TPSA) is 12.9 Å². The summed E-state index contributed by atoms with van der Waals surface area (Å²) in [5, 5.41) is 0. The molecule has 60 valence electrons. The van der Waals surface area contributed by atoms with Crippen LogP contribution in [0.1, 0.15) is 30.3 Å². The number of fused-ring (bicyclic) bond motifs is 1. The Morgan fingerprint density at radius 2 is 2.64 bits per heavy atom. The van der Waals surface area contributed by atoms with Gasteiger partial charge < -0.3 is 0 Å². The maximum absolute atomic E-state index is 4.34. The molecule has 1 atom stereocenters. The van der Waals surface area contributed by atoms with Gasteiger partial charge in [0.1, 0.15) is 0 Å². The molecule has 0 saturated heterocycles. The number of aromatic nitrogens is 1. The van der Waals surface area contributed by atoms with Crippen molar-refractivity contribution in [3.8, 4) is 0 Å². The predicted octanol–water partition coefficient (Wildman–Crippen LogP) is 2.66. The average molecular weight is 167 g/mol. The van der Waals surface area contributed by atoms with Crippen LogP contribution in [0, 0.1) is 5.92 Å². The molecule has 11 heavy (non-hydrogen) atoms. The van der Waals surface area contributed by atoms with E-state index in [-0.39, 0.29) is 0 Å². The van der Waals surface area contributed by atoms with Gasteiger partial charge in [0.25, 0.3) is 0 Å². The zero-order chi connectivity index (χ0) is 7.68. The van der Waals surface area contributed by atoms with Crippen molar-refractivity contribution in [3.63, 3.8) is 0 Å². The molecule has 1 aliphatic rings. The van der Waals surface area contributed by atoms with Gasteiger partial charge in [-0.15, -0.1) is 11.3 Å². The summed E-state index contributed by atoms with van der Waals surface area (Å²) in [6, 6.07) is 0. The van der Waals surface area contributed by atoms with E-state index < -0.39 is 0 Å². The Hall–Kier alpha value is -0.370. The van der Waals surface area contributed by atoms with Gasteiger partial charge in [-0.1, -0.05) is 13.3 Å². The highest BCUT2D eigenvalue weighted by Crippen LogP contribution is 2.28. The van der Waals surface area contributed by atoms with Crippen LogP contribution < -0.4 is 0 Å². The Morgan fingerprint density at radius 1 is 1.73 bits per heavy atom. The molecule has 0 saturated carbocycles. The maximum atomic E-state index is 4.34. The summed E-state index contributed by atoms with van der Waals surface area (Å²) in [5.41, 5.74) is 3.36. The molecular weight excluding hydrogens is 154 g/mol. The van der Waals surface area contributed by atoms with Crippen molar-refractivity contribution in [1.29, 1.82) is 0 Å². The van der Waals surface area contributed by atoms with Crippen LogP contribution >= 0.6 is 11.3 Å². The molecule has 0 aliphatic heterocycles. The molecule has 1 aromatic rings. The van der Waals surface area contributed by atoms with E-state index in [1.54, 1.807) is 4.88 Å². The Labute approximate surface area is 71.5 Å². The van der Waals surface area contributed by atoms with Crippen molar-refractivity contribution in [2.75, 3.05) is 0 Å². The van der Waals surface area contributed by atoms with Gasteiger partial charge in [0.2, 0.25) is 0 Å². The lowest BCUT2D eigenvalue weighted by atomic mass is 9.89. The fraction of sp³-hybridized carbons (Fsp3) is 0.667. The second-order valence-corrected chi connectivity index (χ2v) is 4.18. The van der Waals surface area contributed by atoms with E-state index >= 15 is 0 Å². The molecule has 2 heteroatoms. The third-order valence-electron chi connectivity index (χ3n) is 2.57. The first-order valence-corrected chi connectivity index (χ1v) is 5.19. The molecule has 2 rings (SSSR count). The molecule has 1 aromatic heterocycles. The summed E-state index contributed by atoms with van der Waals surface area (Å²) in [4.78, 5) is 5.89. The molecular formula is C9H13NS. The summed E-state index contributed by atoms with van der Waals surface area (Å²) < 4.78 is 0. The minimum absolute atomic E-state index is 0.933. The lowest BCUT2D eigenvalue weighted by molar-refractivity contribution is 0.446. The first kappa shape index (κ1) is 7.29. The van der Waals surface area contributed by atoms with Gasteiger partial charge in [0, 0.05) is 4.88 Å². The number of hydrogen-bond donors (Lipinski definition) is 0. The Kier molecular flexibility index (Phi) is 1.95. The molecule has 1 aliphatic carbocycles. The van der Waals surface area contributed by atoms with Crippen molar-refractivity contribution < 1.29 is 0 Å². The molecule has 1 nitrogen and oxygen atoms in total. The lowest BCUT2D eigenvalue weighted by Crippen LogP contribution is -2.11. The van der Waals surface area contributed by atoms with E-state index in [1.165, 1.54) is 31.4 Å². The van der Waals surface area contributed by atoms with Crippen LogP contribution in [0.3, 0.4) is 0 Å². The van der Waals surface area contributed by atoms with Gasteiger partial charge in [-0.25, -0.2) is 4.98 Å². The standard InChI is InChI=1S/C9H13NS/c1-2-7-3-4-8-9(5-7)11-6-10-8/h6-7H,2-5H2,1H3. The van der Waals surface area contributed by atoms with Gasteiger partial charge in [-0.2, -0.15) is 0 Å². The third-order valence-corrected chi connectivity index (χ3v) is 3.46. The zero-order valence-electron chi connectivity index (χ0n) is 6.84. The fourth-order valence-corrected chi connectivity index (χ4v) is 2.65. The number of aryl methyl sites for hydroxylation is 1. The van der Waals surface area contributed by atoms with E-state index in [4.69, 9.17) is 0 Å². The quantitative estimate of drug-likeness (QED) is 0.626. The molecule has 1 unspecified atom stereocenters. The van der Waals surface area contributed by atoms with Crippen LogP contribution in [0.2, 0.25) is 0 Å². The van der Waals surface area contributed by atoms with Crippen LogP contribution in [0.4, 0.5) is 0 Å². The van der Waals surface area contributed by atoms with Crippen LogP contribution in [0.15, 0.2) is 5.51 Å². The monoisotopic (exact) mass is 167 g/mol. The predicted molar refractivity (Wildman–Crippen MR) is 47.9 cm³/mol. The molecule has 0 fully saturated rings. The minimum atomic E-state index is 0.933. The van der Waals surface area contributed by atoms with Crippen LogP contribution in [0.25, 0.3) is 0 Å². The van der Waals surface area contributed by atoms with Gasteiger partial charge in [-0.3, -0.25) is 0 Å². The van der Waals surface area contributed by atoms with Crippen molar-refractivity contribution in [1.82, 2.24) is 4.98 Å². The van der Waals surface area contributed by atoms with E-state index in [0.717, 1.165) is 5.92 Å². The molecule has 1 heterocycles. The molecule has 0 radical (unpaired) electrons. The molecule has 0 spiro atoms. The summed E-state index contributed by atoms with van der Waals surface area (Å²) in [6.45, 7) is 2.29. The summed E-state index contributed by atoms with van der Waals surface area (Å²) in [7, 11) is 0. The van der Waals surface area contributed by atoms with E-state index in [9.17, 15) is 0 Å². The Morgan fingerprint density at radius 3 is 3.45 bits per heavy atom. The largest absolute Gasteiger partial charge is 0.249 e. The molecule has 0 amide bonds. The first-order valence-electron chi connectivity index (χ1n) is 4.31. The third kappa shape index (κ3) is 1.32. The van der Waals surface area contributed by atoms with Crippen LogP contribution in [0.5, 0.6) is 0 Å². The van der Waals surface area contributed by atoms with Gasteiger partial charge in [0.15, 0.2) is 0 Å². The highest BCUT2D eigenvalue weighted by molar-refractivity contribution is 7.09. The highest BCUT2D eigenvalue weighted by atomic mass is 32.1. The Bertz CT molecular complexity index is 241. The highest BCUT2D eigenvalue weighted by Gasteiger charge is 2.18. The number of hydrogen-bond acceptors (Lipinski definition) is 2. The van der Waals surface area contributed by atoms with Crippen molar-refractivity contribution in [2.24, 2.45) is 5.92 Å². The summed E-state index contributed by atoms with van der Waals surface area (Å²) in [6.07, 6.45) is 5.19. The van der Waals surface area contributed by atoms with E-state index in [2.05, 4.69) is 11.9 Å². The van der Waals surface area contributed by atoms with Gasteiger partial charge in [0.05, 0.1) is 11.2 Å². The summed E-state index contributed by atoms with van der Waals surface area (Å²) in [5.74, 6) is 0.933. The zero-order valence-corrected chi connectivity index (χ0v) is 7.66. The van der Waals surface area contributed by atoms with Crippen LogP contribution in [-0.4, -0.2) is 4.98 Å². The summed E-state index contributed by atoms with van der Waals surface area (Å²) >= 11 is 1.83. The van der Waals surface area contributed by atoms with Crippen LogP contribution in [-0.2, 0) is 12.8 Å². The van der Waals surface area contributed by atoms with E-state index in [1.807, 2.05) is 16.8 Å². The molecule has 0 N–H and O–H groups in total. The van der Waals surface area contributed by atoms with Crippen molar-refractivity contribution in [2.45, 2.75) is 32.6 Å².